The normalized spacial score (nSPS) is 45.5. The molecule has 1 nitrogen and oxygen atoms in total. The second-order valence-electron chi connectivity index (χ2n) is 11.5. The van der Waals surface area contributed by atoms with E-state index >= 15 is 4.39 Å². The number of unbranched alkanes of at least 4 members (excludes halogenated alkanes) is 1. The fourth-order valence-corrected chi connectivity index (χ4v) is 8.10. The van der Waals surface area contributed by atoms with E-state index in [9.17, 15) is 4.79 Å². The summed E-state index contributed by atoms with van der Waals surface area (Å²) in [4.78, 5) is 13.4. The van der Waals surface area contributed by atoms with E-state index < -0.39 is 17.0 Å². The molecule has 29 heavy (non-hydrogen) atoms. The molecule has 1 atom stereocenters. The first-order chi connectivity index (χ1) is 14.1. The van der Waals surface area contributed by atoms with Crippen molar-refractivity contribution in [1.82, 2.24) is 0 Å². The van der Waals surface area contributed by atoms with Gasteiger partial charge in [0, 0.05) is 0 Å². The zero-order valence-corrected chi connectivity index (χ0v) is 19.2. The van der Waals surface area contributed by atoms with Crippen LogP contribution in [0.3, 0.4) is 0 Å². The molecule has 166 valence electrons. The number of halogens is 1. The zero-order chi connectivity index (χ0) is 20.5. The predicted octanol–water partition coefficient (Wildman–Crippen LogP) is 8.06. The van der Waals surface area contributed by atoms with Crippen LogP contribution in [-0.4, -0.2) is 12.0 Å². The van der Waals surface area contributed by atoms with Crippen molar-refractivity contribution in [3.63, 3.8) is 0 Å². The van der Waals surface area contributed by atoms with E-state index in [1.807, 2.05) is 0 Å². The van der Waals surface area contributed by atoms with Crippen LogP contribution in [0.2, 0.25) is 0 Å². The summed E-state index contributed by atoms with van der Waals surface area (Å²) < 4.78 is 15.7. The largest absolute Gasteiger partial charge is 0.298 e. The standard InChI is InChI=1S/C27H45FO/c1-3-5-7-21-12-16-26(17-13-21)24(28)27(25(26)29)18-14-23(15-19-27)22-10-8-20(6-4-2)9-11-22/h20-24H,3-19H2,1-2H3/t20?,21?,22?,23?,24-,26-,27-/m1/s1. The van der Waals surface area contributed by atoms with Crippen LogP contribution < -0.4 is 0 Å². The summed E-state index contributed by atoms with van der Waals surface area (Å²) in [5.74, 6) is 3.69. The maximum atomic E-state index is 15.7. The van der Waals surface area contributed by atoms with E-state index in [1.165, 1.54) is 57.8 Å². The van der Waals surface area contributed by atoms with Gasteiger partial charge in [-0.05, 0) is 87.9 Å². The molecule has 0 aromatic heterocycles. The summed E-state index contributed by atoms with van der Waals surface area (Å²) in [6.45, 7) is 4.55. The Balaban J connectivity index is 1.28. The lowest BCUT2D eigenvalue weighted by molar-refractivity contribution is -0.194. The Hall–Kier alpha value is -0.400. The maximum Gasteiger partial charge on any atom is 0.151 e. The lowest BCUT2D eigenvalue weighted by Gasteiger charge is -2.61. The Morgan fingerprint density at radius 2 is 1.24 bits per heavy atom. The molecule has 4 rings (SSSR count). The van der Waals surface area contributed by atoms with Crippen LogP contribution in [0.15, 0.2) is 0 Å². The van der Waals surface area contributed by atoms with Crippen molar-refractivity contribution in [2.45, 2.75) is 129 Å². The van der Waals surface area contributed by atoms with Gasteiger partial charge in [0.15, 0.2) is 5.78 Å². The molecule has 0 radical (unpaired) electrons. The number of carbonyl (C=O) groups excluding carboxylic acids is 1. The topological polar surface area (TPSA) is 17.1 Å². The van der Waals surface area contributed by atoms with Crippen molar-refractivity contribution >= 4 is 5.78 Å². The van der Waals surface area contributed by atoms with E-state index in [1.54, 1.807) is 0 Å². The number of ketones is 1. The first-order valence-corrected chi connectivity index (χ1v) is 13.2. The molecule has 4 aliphatic rings. The highest BCUT2D eigenvalue weighted by Crippen LogP contribution is 2.66. The minimum absolute atomic E-state index is 0.358. The van der Waals surface area contributed by atoms with Crippen molar-refractivity contribution in [3.05, 3.63) is 0 Å². The van der Waals surface area contributed by atoms with Crippen LogP contribution in [0.1, 0.15) is 123 Å². The molecule has 0 aromatic carbocycles. The van der Waals surface area contributed by atoms with E-state index in [0.717, 1.165) is 75.0 Å². The predicted molar refractivity (Wildman–Crippen MR) is 119 cm³/mol. The van der Waals surface area contributed by atoms with Gasteiger partial charge in [-0.1, -0.05) is 58.8 Å². The molecule has 2 spiro atoms. The van der Waals surface area contributed by atoms with Gasteiger partial charge in [-0.2, -0.15) is 0 Å². The lowest BCUT2D eigenvalue weighted by Crippen LogP contribution is -2.69. The number of alkyl halides is 1. The van der Waals surface area contributed by atoms with Gasteiger partial charge in [0.1, 0.15) is 6.17 Å². The monoisotopic (exact) mass is 404 g/mol. The minimum Gasteiger partial charge on any atom is -0.298 e. The molecule has 0 aromatic rings. The van der Waals surface area contributed by atoms with E-state index in [-0.39, 0.29) is 0 Å². The summed E-state index contributed by atoms with van der Waals surface area (Å²) in [5, 5.41) is 0. The van der Waals surface area contributed by atoms with Crippen molar-refractivity contribution in [2.24, 2.45) is 34.5 Å². The third kappa shape index (κ3) is 3.84. The van der Waals surface area contributed by atoms with Crippen molar-refractivity contribution in [3.8, 4) is 0 Å². The molecule has 0 aliphatic heterocycles. The van der Waals surface area contributed by atoms with Gasteiger partial charge in [-0.15, -0.1) is 0 Å². The molecular weight excluding hydrogens is 359 g/mol. The number of hydrogen-bond donors (Lipinski definition) is 0. The Labute approximate surface area is 179 Å². The first kappa shape index (κ1) is 21.8. The molecule has 0 unspecified atom stereocenters. The van der Waals surface area contributed by atoms with Crippen LogP contribution >= 0.6 is 0 Å². The molecule has 4 fully saturated rings. The quantitative estimate of drug-likeness (QED) is 0.437. The van der Waals surface area contributed by atoms with Gasteiger partial charge in [0.2, 0.25) is 0 Å². The molecule has 0 N–H and O–H groups in total. The van der Waals surface area contributed by atoms with Crippen LogP contribution in [0.4, 0.5) is 4.39 Å². The summed E-state index contributed by atoms with van der Waals surface area (Å²) in [6, 6.07) is 0. The van der Waals surface area contributed by atoms with Gasteiger partial charge < -0.3 is 0 Å². The highest BCUT2D eigenvalue weighted by atomic mass is 19.1. The van der Waals surface area contributed by atoms with Gasteiger partial charge in [0.25, 0.3) is 0 Å². The Morgan fingerprint density at radius 3 is 1.76 bits per heavy atom. The molecule has 2 heteroatoms. The minimum atomic E-state index is -0.837. The van der Waals surface area contributed by atoms with E-state index in [4.69, 9.17) is 0 Å². The highest BCUT2D eigenvalue weighted by Gasteiger charge is 2.71. The van der Waals surface area contributed by atoms with E-state index in [0.29, 0.717) is 5.78 Å². The van der Waals surface area contributed by atoms with Gasteiger partial charge in [-0.3, -0.25) is 4.79 Å². The van der Waals surface area contributed by atoms with Crippen molar-refractivity contribution in [2.75, 3.05) is 0 Å². The molecule has 4 saturated carbocycles. The number of rotatable bonds is 6. The van der Waals surface area contributed by atoms with Gasteiger partial charge >= 0.3 is 0 Å². The average Bonchev–Trinajstić information content (AvgIpc) is 2.78. The van der Waals surface area contributed by atoms with Crippen molar-refractivity contribution < 1.29 is 9.18 Å². The molecule has 0 heterocycles. The summed E-state index contributed by atoms with van der Waals surface area (Å²) >= 11 is 0. The van der Waals surface area contributed by atoms with Crippen molar-refractivity contribution in [1.29, 1.82) is 0 Å². The zero-order valence-electron chi connectivity index (χ0n) is 19.2. The Bertz CT molecular complexity index is 545. The average molecular weight is 405 g/mol. The number of carbonyl (C=O) groups is 1. The number of Topliss-reactive ketones (excluding diaryl/α,β-unsaturated/α-hetero) is 1. The fraction of sp³-hybridized carbons (Fsp3) is 0.963. The van der Waals surface area contributed by atoms with Crippen LogP contribution in [0.25, 0.3) is 0 Å². The lowest BCUT2D eigenvalue weighted by atomic mass is 9.41. The maximum absolute atomic E-state index is 15.7. The summed E-state index contributed by atoms with van der Waals surface area (Å²) in [7, 11) is 0. The molecule has 0 amide bonds. The number of hydrogen-bond acceptors (Lipinski definition) is 1. The summed E-state index contributed by atoms with van der Waals surface area (Å²) in [6.07, 6.45) is 19.1. The van der Waals surface area contributed by atoms with Gasteiger partial charge in [-0.25, -0.2) is 4.39 Å². The van der Waals surface area contributed by atoms with Crippen LogP contribution in [0.5, 0.6) is 0 Å². The summed E-state index contributed by atoms with van der Waals surface area (Å²) in [5.41, 5.74) is -1.13. The highest BCUT2D eigenvalue weighted by molar-refractivity contribution is 5.98. The second-order valence-corrected chi connectivity index (χ2v) is 11.5. The fourth-order valence-electron chi connectivity index (χ4n) is 8.10. The SMILES string of the molecule is CCCCC1CC[C@]2(CC1)C(=O)[C@@]1(CCC(C3CCC(CCC)CC3)CC1)[C@@H]2F. The Kier molecular flexibility index (Phi) is 6.77. The van der Waals surface area contributed by atoms with E-state index in [2.05, 4.69) is 13.8 Å². The van der Waals surface area contributed by atoms with Crippen LogP contribution in [0, 0.1) is 34.5 Å². The molecule has 4 aliphatic carbocycles. The Morgan fingerprint density at radius 1 is 0.724 bits per heavy atom. The molecule has 0 saturated heterocycles. The smallest absolute Gasteiger partial charge is 0.151 e. The first-order valence-electron chi connectivity index (χ1n) is 13.2. The molecular formula is C27H45FO. The second kappa shape index (κ2) is 8.99. The van der Waals surface area contributed by atoms with Gasteiger partial charge in [0.05, 0.1) is 10.8 Å². The third-order valence-electron chi connectivity index (χ3n) is 10.0. The third-order valence-corrected chi connectivity index (χ3v) is 10.0. The molecule has 0 bridgehead atoms. The van der Waals surface area contributed by atoms with Crippen LogP contribution in [-0.2, 0) is 4.79 Å².